The second-order valence-electron chi connectivity index (χ2n) is 5.81. The first kappa shape index (κ1) is 17.7. The van der Waals surface area contributed by atoms with Crippen LogP contribution in [0.5, 0.6) is 5.75 Å². The quantitative estimate of drug-likeness (QED) is 0.670. The Morgan fingerprint density at radius 1 is 1.04 bits per heavy atom. The van der Waals surface area contributed by atoms with Gasteiger partial charge in [0.05, 0.1) is 19.4 Å². The summed E-state index contributed by atoms with van der Waals surface area (Å²) in [7, 11) is 0. The van der Waals surface area contributed by atoms with Gasteiger partial charge in [0.2, 0.25) is 11.8 Å². The monoisotopic (exact) mass is 351 g/mol. The van der Waals surface area contributed by atoms with Gasteiger partial charge in [-0.15, -0.1) is 5.10 Å². The largest absolute Gasteiger partial charge is 0.493 e. The molecule has 0 fully saturated rings. The van der Waals surface area contributed by atoms with Crippen LogP contribution in [0.2, 0.25) is 0 Å². The lowest BCUT2D eigenvalue weighted by atomic mass is 10.1. The fraction of sp³-hybridized carbons (Fsp3) is 0.250. The van der Waals surface area contributed by atoms with Crippen LogP contribution in [-0.2, 0) is 17.6 Å². The molecule has 0 saturated carbocycles. The molecule has 0 aliphatic carbocycles. The Labute approximate surface area is 152 Å². The Morgan fingerprint density at radius 3 is 2.50 bits per heavy atom. The van der Waals surface area contributed by atoms with Gasteiger partial charge >= 0.3 is 6.01 Å². The fourth-order valence-corrected chi connectivity index (χ4v) is 2.40. The lowest BCUT2D eigenvalue weighted by molar-refractivity contribution is -0.116. The molecule has 1 amide bonds. The van der Waals surface area contributed by atoms with Gasteiger partial charge in [0, 0.05) is 0 Å². The zero-order valence-corrected chi connectivity index (χ0v) is 14.6. The molecule has 0 radical (unpaired) electrons. The number of ether oxygens (including phenoxy) is 1. The number of carbonyl (C=O) groups is 1. The van der Waals surface area contributed by atoms with Gasteiger partial charge in [0.1, 0.15) is 5.75 Å². The van der Waals surface area contributed by atoms with Gasteiger partial charge < -0.3 is 9.15 Å². The van der Waals surface area contributed by atoms with Gasteiger partial charge in [-0.1, -0.05) is 54.5 Å². The minimum Gasteiger partial charge on any atom is -0.493 e. The van der Waals surface area contributed by atoms with E-state index in [1.807, 2.05) is 42.5 Å². The van der Waals surface area contributed by atoms with Crippen molar-refractivity contribution in [3.05, 3.63) is 71.6 Å². The summed E-state index contributed by atoms with van der Waals surface area (Å²) >= 11 is 0. The van der Waals surface area contributed by atoms with Crippen molar-refractivity contribution in [2.45, 2.75) is 26.2 Å². The number of hydrogen-bond acceptors (Lipinski definition) is 5. The second-order valence-corrected chi connectivity index (χ2v) is 5.81. The van der Waals surface area contributed by atoms with Gasteiger partial charge in [0.15, 0.2) is 0 Å². The highest BCUT2D eigenvalue weighted by atomic mass is 16.5. The van der Waals surface area contributed by atoms with Gasteiger partial charge in [-0.3, -0.25) is 10.1 Å². The van der Waals surface area contributed by atoms with Gasteiger partial charge in [-0.05, 0) is 29.7 Å². The van der Waals surface area contributed by atoms with Gasteiger partial charge in [0.25, 0.3) is 0 Å². The molecule has 2 aromatic carbocycles. The topological polar surface area (TPSA) is 77.2 Å². The summed E-state index contributed by atoms with van der Waals surface area (Å²) in [6.45, 7) is 2.40. The highest BCUT2D eigenvalue weighted by Crippen LogP contribution is 2.13. The Morgan fingerprint density at radius 2 is 1.77 bits per heavy atom. The first-order valence-corrected chi connectivity index (χ1v) is 8.61. The molecular weight excluding hydrogens is 330 g/mol. The smallest absolute Gasteiger partial charge is 0.322 e. The van der Waals surface area contributed by atoms with Crippen LogP contribution in [0.1, 0.15) is 30.4 Å². The Hall–Kier alpha value is -3.15. The molecular formula is C20H21N3O3. The molecule has 1 heterocycles. The van der Waals surface area contributed by atoms with Crippen LogP contribution in [0.4, 0.5) is 6.01 Å². The maximum absolute atomic E-state index is 11.9. The van der Waals surface area contributed by atoms with Crippen LogP contribution < -0.4 is 10.1 Å². The number of amides is 1. The number of benzene rings is 2. The number of rotatable bonds is 8. The van der Waals surface area contributed by atoms with Crippen LogP contribution in [0.15, 0.2) is 59.0 Å². The first-order valence-electron chi connectivity index (χ1n) is 8.61. The minimum absolute atomic E-state index is 0.106. The SMILES string of the molecule is CCc1ccc(Cc2nnc(NC(=O)CCOc3ccccc3)o2)cc1. The molecule has 6 heteroatoms. The average molecular weight is 351 g/mol. The molecule has 26 heavy (non-hydrogen) atoms. The van der Waals surface area contributed by atoms with Crippen LogP contribution in [0, 0.1) is 0 Å². The molecule has 3 rings (SSSR count). The number of nitrogens with zero attached hydrogens (tertiary/aromatic N) is 2. The summed E-state index contributed by atoms with van der Waals surface area (Å²) in [4.78, 5) is 11.9. The van der Waals surface area contributed by atoms with Crippen molar-refractivity contribution in [1.29, 1.82) is 0 Å². The Kier molecular flexibility index (Phi) is 5.98. The van der Waals surface area contributed by atoms with Crippen LogP contribution in [-0.4, -0.2) is 22.7 Å². The van der Waals surface area contributed by atoms with E-state index in [-0.39, 0.29) is 24.9 Å². The van der Waals surface area contributed by atoms with E-state index in [0.29, 0.717) is 12.3 Å². The van der Waals surface area contributed by atoms with Crippen molar-refractivity contribution in [2.75, 3.05) is 11.9 Å². The Bertz CT molecular complexity index is 829. The predicted molar refractivity (Wildman–Crippen MR) is 98.1 cm³/mol. The number of nitrogens with one attached hydrogen (secondary N) is 1. The van der Waals surface area contributed by atoms with Crippen molar-refractivity contribution in [3.8, 4) is 5.75 Å². The molecule has 0 unspecified atom stereocenters. The Balaban J connectivity index is 1.45. The lowest BCUT2D eigenvalue weighted by Crippen LogP contribution is -2.15. The van der Waals surface area contributed by atoms with E-state index < -0.39 is 0 Å². The van der Waals surface area contributed by atoms with Gasteiger partial charge in [-0.2, -0.15) is 0 Å². The highest BCUT2D eigenvalue weighted by Gasteiger charge is 2.10. The summed E-state index contributed by atoms with van der Waals surface area (Å²) < 4.78 is 11.0. The van der Waals surface area contributed by atoms with E-state index in [2.05, 4.69) is 34.6 Å². The molecule has 0 spiro atoms. The molecule has 0 atom stereocenters. The maximum Gasteiger partial charge on any atom is 0.322 e. The third-order valence-electron chi connectivity index (χ3n) is 3.84. The summed E-state index contributed by atoms with van der Waals surface area (Å²) in [6, 6.07) is 17.7. The number of aromatic nitrogens is 2. The van der Waals surface area contributed by atoms with Crippen LogP contribution in [0.25, 0.3) is 0 Å². The number of para-hydroxylation sites is 1. The lowest BCUT2D eigenvalue weighted by Gasteiger charge is -2.04. The number of hydrogen-bond donors (Lipinski definition) is 1. The van der Waals surface area contributed by atoms with E-state index in [1.54, 1.807) is 0 Å². The molecule has 0 aliphatic heterocycles. The summed E-state index contributed by atoms with van der Waals surface area (Å²) in [5.41, 5.74) is 2.37. The van der Waals surface area contributed by atoms with E-state index in [9.17, 15) is 4.79 Å². The first-order chi connectivity index (χ1) is 12.7. The predicted octanol–water partition coefficient (Wildman–Crippen LogP) is 3.63. The molecule has 1 N–H and O–H groups in total. The maximum atomic E-state index is 11.9. The van der Waals surface area contributed by atoms with E-state index in [0.717, 1.165) is 17.7 Å². The minimum atomic E-state index is -0.233. The average Bonchev–Trinajstić information content (AvgIpc) is 3.10. The fourth-order valence-electron chi connectivity index (χ4n) is 2.40. The zero-order valence-electron chi connectivity index (χ0n) is 14.6. The third-order valence-corrected chi connectivity index (χ3v) is 3.84. The van der Waals surface area contributed by atoms with Crippen LogP contribution >= 0.6 is 0 Å². The standard InChI is InChI=1S/C20H21N3O3/c1-2-15-8-10-16(11-9-15)14-19-22-23-20(26-19)21-18(24)12-13-25-17-6-4-3-5-7-17/h3-11H,2,12-14H2,1H3,(H,21,23,24). The summed E-state index contributed by atoms with van der Waals surface area (Å²) in [5.74, 6) is 0.961. The normalized spacial score (nSPS) is 10.5. The number of carbonyl (C=O) groups excluding carboxylic acids is 1. The molecule has 134 valence electrons. The van der Waals surface area contributed by atoms with Crippen molar-refractivity contribution in [1.82, 2.24) is 10.2 Å². The molecule has 0 bridgehead atoms. The molecule has 3 aromatic rings. The highest BCUT2D eigenvalue weighted by molar-refractivity contribution is 5.88. The second kappa shape index (κ2) is 8.80. The van der Waals surface area contributed by atoms with Crippen molar-refractivity contribution in [2.24, 2.45) is 0 Å². The molecule has 0 aliphatic rings. The van der Waals surface area contributed by atoms with Crippen molar-refractivity contribution >= 4 is 11.9 Å². The van der Waals surface area contributed by atoms with E-state index in [1.165, 1.54) is 5.56 Å². The van der Waals surface area contributed by atoms with Crippen molar-refractivity contribution in [3.63, 3.8) is 0 Å². The van der Waals surface area contributed by atoms with E-state index in [4.69, 9.17) is 9.15 Å². The molecule has 6 nitrogen and oxygen atoms in total. The van der Waals surface area contributed by atoms with E-state index >= 15 is 0 Å². The summed E-state index contributed by atoms with van der Waals surface area (Å²) in [6.07, 6.45) is 1.74. The van der Waals surface area contributed by atoms with Gasteiger partial charge in [-0.25, -0.2) is 0 Å². The molecule has 0 saturated heterocycles. The number of aryl methyl sites for hydroxylation is 1. The zero-order chi connectivity index (χ0) is 18.2. The van der Waals surface area contributed by atoms with Crippen LogP contribution in [0.3, 0.4) is 0 Å². The third kappa shape index (κ3) is 5.17. The summed E-state index contributed by atoms with van der Waals surface area (Å²) in [5, 5.41) is 10.4. The van der Waals surface area contributed by atoms with Crippen molar-refractivity contribution < 1.29 is 13.9 Å². The number of anilines is 1. The molecule has 1 aromatic heterocycles.